The van der Waals surface area contributed by atoms with Crippen LogP contribution in [0.2, 0.25) is 0 Å². The molecule has 20 heavy (non-hydrogen) atoms. The lowest BCUT2D eigenvalue weighted by atomic mass is 10.0. The van der Waals surface area contributed by atoms with Crippen LogP contribution in [0.4, 0.5) is 5.69 Å². The fraction of sp³-hybridized carbons (Fsp3) is 0.533. The minimum absolute atomic E-state index is 0.176. The smallest absolute Gasteiger partial charge is 0.172 e. The van der Waals surface area contributed by atoms with Gasteiger partial charge in [-0.25, -0.2) is 0 Å². The number of amidine groups is 1. The van der Waals surface area contributed by atoms with E-state index in [0.29, 0.717) is 6.04 Å². The van der Waals surface area contributed by atoms with Crippen molar-refractivity contribution in [3.05, 3.63) is 29.3 Å². The summed E-state index contributed by atoms with van der Waals surface area (Å²) in [4.78, 5) is 4.62. The molecule has 1 fully saturated rings. The highest BCUT2D eigenvalue weighted by Gasteiger charge is 2.23. The van der Waals surface area contributed by atoms with E-state index < -0.39 is 0 Å². The molecule has 0 unspecified atom stereocenters. The van der Waals surface area contributed by atoms with E-state index >= 15 is 0 Å². The monoisotopic (exact) mass is 276 g/mol. The Morgan fingerprint density at radius 2 is 2.00 bits per heavy atom. The number of piperidine rings is 1. The van der Waals surface area contributed by atoms with Gasteiger partial charge in [-0.3, -0.25) is 0 Å². The lowest BCUT2D eigenvalue weighted by Gasteiger charge is -2.37. The molecular formula is C15H24N4O. The van der Waals surface area contributed by atoms with Crippen LogP contribution in [0.15, 0.2) is 23.4 Å². The van der Waals surface area contributed by atoms with E-state index in [2.05, 4.69) is 42.0 Å². The second-order valence-electron chi connectivity index (χ2n) is 5.69. The Hall–Kier alpha value is -1.75. The lowest BCUT2D eigenvalue weighted by Crippen LogP contribution is -2.42. The van der Waals surface area contributed by atoms with Gasteiger partial charge in [0.2, 0.25) is 0 Å². The molecule has 1 aliphatic heterocycles. The molecule has 1 aromatic rings. The van der Waals surface area contributed by atoms with E-state index in [9.17, 15) is 0 Å². The standard InChI is InChI=1S/C15H24N4O/c1-11-4-5-13(15(16)17-20)14(10-11)19-8-6-12(7-9-19)18(2)3/h4-5,10,12,20H,6-9H2,1-3H3,(H2,16,17). The first-order chi connectivity index (χ1) is 9.52. The summed E-state index contributed by atoms with van der Waals surface area (Å²) in [6.45, 7) is 4.06. The van der Waals surface area contributed by atoms with Crippen LogP contribution in [0.3, 0.4) is 0 Å². The van der Waals surface area contributed by atoms with E-state index in [-0.39, 0.29) is 5.84 Å². The third kappa shape index (κ3) is 3.04. The summed E-state index contributed by atoms with van der Waals surface area (Å²) in [5.74, 6) is 0.176. The number of anilines is 1. The van der Waals surface area contributed by atoms with Crippen LogP contribution >= 0.6 is 0 Å². The van der Waals surface area contributed by atoms with E-state index in [4.69, 9.17) is 10.9 Å². The fourth-order valence-corrected chi connectivity index (χ4v) is 2.80. The fourth-order valence-electron chi connectivity index (χ4n) is 2.80. The molecular weight excluding hydrogens is 252 g/mol. The largest absolute Gasteiger partial charge is 0.409 e. The molecule has 0 amide bonds. The van der Waals surface area contributed by atoms with Crippen LogP contribution in [-0.4, -0.2) is 49.2 Å². The molecule has 1 saturated heterocycles. The van der Waals surface area contributed by atoms with Crippen molar-refractivity contribution in [1.29, 1.82) is 0 Å². The van der Waals surface area contributed by atoms with Gasteiger partial charge >= 0.3 is 0 Å². The van der Waals surface area contributed by atoms with Crippen LogP contribution < -0.4 is 10.6 Å². The van der Waals surface area contributed by atoms with Crippen molar-refractivity contribution in [3.8, 4) is 0 Å². The van der Waals surface area contributed by atoms with E-state index in [1.807, 2.05) is 12.1 Å². The Morgan fingerprint density at radius 3 is 2.55 bits per heavy atom. The number of hydrogen-bond acceptors (Lipinski definition) is 4. The Balaban J connectivity index is 2.23. The molecule has 0 saturated carbocycles. The number of aryl methyl sites for hydroxylation is 1. The summed E-state index contributed by atoms with van der Waals surface area (Å²) in [7, 11) is 4.27. The van der Waals surface area contributed by atoms with E-state index in [1.165, 1.54) is 5.56 Å². The van der Waals surface area contributed by atoms with Gasteiger partial charge in [-0.2, -0.15) is 0 Å². The van der Waals surface area contributed by atoms with Crippen LogP contribution in [0.5, 0.6) is 0 Å². The zero-order chi connectivity index (χ0) is 14.7. The first-order valence-corrected chi connectivity index (χ1v) is 7.03. The van der Waals surface area contributed by atoms with Gasteiger partial charge in [-0.1, -0.05) is 11.2 Å². The predicted molar refractivity (Wildman–Crippen MR) is 82.6 cm³/mol. The zero-order valence-corrected chi connectivity index (χ0v) is 12.5. The molecule has 0 bridgehead atoms. The molecule has 0 atom stereocenters. The zero-order valence-electron chi connectivity index (χ0n) is 12.5. The van der Waals surface area contributed by atoms with Crippen LogP contribution in [0, 0.1) is 6.92 Å². The molecule has 5 heteroatoms. The SMILES string of the molecule is Cc1ccc(C(N)=NO)c(N2CCC(N(C)C)CC2)c1. The Kier molecular flexibility index (Phi) is 4.49. The molecule has 1 aromatic carbocycles. The van der Waals surface area contributed by atoms with E-state index in [1.54, 1.807) is 0 Å². The molecule has 0 radical (unpaired) electrons. The van der Waals surface area contributed by atoms with Gasteiger partial charge < -0.3 is 20.7 Å². The molecule has 0 spiro atoms. The first kappa shape index (κ1) is 14.7. The summed E-state index contributed by atoms with van der Waals surface area (Å²) < 4.78 is 0. The summed E-state index contributed by atoms with van der Waals surface area (Å²) in [5.41, 5.74) is 8.85. The summed E-state index contributed by atoms with van der Waals surface area (Å²) in [5, 5.41) is 12.1. The van der Waals surface area contributed by atoms with Crippen molar-refractivity contribution in [2.75, 3.05) is 32.1 Å². The molecule has 0 aromatic heterocycles. The number of benzene rings is 1. The molecule has 0 aliphatic carbocycles. The topological polar surface area (TPSA) is 65.1 Å². The van der Waals surface area contributed by atoms with E-state index in [0.717, 1.165) is 37.2 Å². The average molecular weight is 276 g/mol. The molecule has 2 rings (SSSR count). The quantitative estimate of drug-likeness (QED) is 0.381. The first-order valence-electron chi connectivity index (χ1n) is 7.03. The molecule has 1 heterocycles. The van der Waals surface area contributed by atoms with Crippen molar-refractivity contribution in [1.82, 2.24) is 4.90 Å². The Morgan fingerprint density at radius 1 is 1.35 bits per heavy atom. The predicted octanol–water partition coefficient (Wildman–Crippen LogP) is 1.62. The second kappa shape index (κ2) is 6.13. The highest BCUT2D eigenvalue weighted by Crippen LogP contribution is 2.26. The number of oxime groups is 1. The van der Waals surface area contributed by atoms with Crippen molar-refractivity contribution < 1.29 is 5.21 Å². The molecule has 3 N–H and O–H groups in total. The highest BCUT2D eigenvalue weighted by molar-refractivity contribution is 6.02. The second-order valence-corrected chi connectivity index (χ2v) is 5.69. The van der Waals surface area contributed by atoms with Crippen LogP contribution in [0.1, 0.15) is 24.0 Å². The average Bonchev–Trinajstić information content (AvgIpc) is 2.46. The van der Waals surface area contributed by atoms with Crippen molar-refractivity contribution >= 4 is 11.5 Å². The van der Waals surface area contributed by atoms with Gasteiger partial charge in [0.25, 0.3) is 0 Å². The van der Waals surface area contributed by atoms with Crippen LogP contribution in [-0.2, 0) is 0 Å². The number of rotatable bonds is 3. The van der Waals surface area contributed by atoms with Gasteiger partial charge in [0.05, 0.1) is 0 Å². The molecule has 1 aliphatic rings. The number of nitrogens with zero attached hydrogens (tertiary/aromatic N) is 3. The highest BCUT2D eigenvalue weighted by atomic mass is 16.4. The number of hydrogen-bond donors (Lipinski definition) is 2. The minimum atomic E-state index is 0.176. The van der Waals surface area contributed by atoms with Crippen molar-refractivity contribution in [2.45, 2.75) is 25.8 Å². The summed E-state index contributed by atoms with van der Waals surface area (Å²) in [6.07, 6.45) is 2.27. The summed E-state index contributed by atoms with van der Waals surface area (Å²) in [6, 6.07) is 6.67. The van der Waals surface area contributed by atoms with Crippen LogP contribution in [0.25, 0.3) is 0 Å². The maximum atomic E-state index is 8.93. The third-order valence-electron chi connectivity index (χ3n) is 4.07. The third-order valence-corrected chi connectivity index (χ3v) is 4.07. The van der Waals surface area contributed by atoms with Gasteiger partial charge in [-0.05, 0) is 51.6 Å². The minimum Gasteiger partial charge on any atom is -0.409 e. The Bertz CT molecular complexity index is 491. The van der Waals surface area contributed by atoms with Gasteiger partial charge in [0, 0.05) is 30.4 Å². The van der Waals surface area contributed by atoms with Crippen molar-refractivity contribution in [3.63, 3.8) is 0 Å². The maximum Gasteiger partial charge on any atom is 0.172 e. The van der Waals surface area contributed by atoms with Crippen molar-refractivity contribution in [2.24, 2.45) is 10.9 Å². The maximum absolute atomic E-state index is 8.93. The summed E-state index contributed by atoms with van der Waals surface area (Å²) >= 11 is 0. The normalized spacial score (nSPS) is 17.8. The number of nitrogens with two attached hydrogens (primary N) is 1. The molecule has 5 nitrogen and oxygen atoms in total. The molecule has 110 valence electrons. The van der Waals surface area contributed by atoms with Gasteiger partial charge in [-0.15, -0.1) is 0 Å². The lowest BCUT2D eigenvalue weighted by molar-refractivity contribution is 0.249. The Labute approximate surface area is 120 Å². The van der Waals surface area contributed by atoms with Gasteiger partial charge in [0.1, 0.15) is 0 Å². The van der Waals surface area contributed by atoms with Gasteiger partial charge in [0.15, 0.2) is 5.84 Å².